The molecule has 0 atom stereocenters. The van der Waals surface area contributed by atoms with E-state index in [1.54, 1.807) is 13.3 Å². The molecule has 1 N–H and O–H groups in total. The molecule has 156 valence electrons. The summed E-state index contributed by atoms with van der Waals surface area (Å²) in [5.74, 6) is 2.18. The molecule has 3 aromatic rings. The average Bonchev–Trinajstić information content (AvgIpc) is 2.76. The molecule has 5 nitrogen and oxygen atoms in total. The van der Waals surface area contributed by atoms with Crippen LogP contribution in [0.15, 0.2) is 71.8 Å². The molecule has 0 fully saturated rings. The van der Waals surface area contributed by atoms with Gasteiger partial charge in [-0.2, -0.15) is 5.10 Å². The molecule has 3 rings (SSSR count). The van der Waals surface area contributed by atoms with Crippen molar-refractivity contribution < 1.29 is 14.2 Å². The van der Waals surface area contributed by atoms with E-state index in [0.29, 0.717) is 36.3 Å². The number of hydrogen-bond acceptors (Lipinski definition) is 5. The molecule has 3 aromatic carbocycles. The van der Waals surface area contributed by atoms with Crippen molar-refractivity contribution in [2.75, 3.05) is 13.7 Å². The number of nitrogens with zero attached hydrogens (tertiary/aromatic N) is 1. The van der Waals surface area contributed by atoms with Crippen molar-refractivity contribution in [2.24, 2.45) is 5.10 Å². The van der Waals surface area contributed by atoms with Crippen molar-refractivity contribution in [3.8, 4) is 17.2 Å². The first-order valence-corrected chi connectivity index (χ1v) is 10.1. The fraction of sp³-hybridized carbons (Fsp3) is 0.208. The summed E-state index contributed by atoms with van der Waals surface area (Å²) >= 11 is 6.04. The van der Waals surface area contributed by atoms with Crippen LogP contribution >= 0.6 is 11.6 Å². The third kappa shape index (κ3) is 6.16. The summed E-state index contributed by atoms with van der Waals surface area (Å²) in [4.78, 5) is 0. The Bertz CT molecular complexity index is 992. The van der Waals surface area contributed by atoms with Gasteiger partial charge in [0.15, 0.2) is 11.5 Å². The summed E-state index contributed by atoms with van der Waals surface area (Å²) in [6.07, 6.45) is 1.75. The molecule has 0 spiro atoms. The van der Waals surface area contributed by atoms with Gasteiger partial charge in [-0.25, -0.2) is 0 Å². The SMILES string of the molecule is CCOc1cc(/C=N/NCc2ccccc2OC)ccc1OCc1cccc(Cl)c1. The van der Waals surface area contributed by atoms with Crippen molar-refractivity contribution in [2.45, 2.75) is 20.1 Å². The van der Waals surface area contributed by atoms with Crippen LogP contribution in [0.2, 0.25) is 5.02 Å². The van der Waals surface area contributed by atoms with E-state index in [2.05, 4.69) is 10.5 Å². The highest BCUT2D eigenvalue weighted by molar-refractivity contribution is 6.30. The predicted octanol–water partition coefficient (Wildman–Crippen LogP) is 5.45. The fourth-order valence-corrected chi connectivity index (χ4v) is 3.09. The van der Waals surface area contributed by atoms with Gasteiger partial charge >= 0.3 is 0 Å². The van der Waals surface area contributed by atoms with Crippen molar-refractivity contribution in [3.63, 3.8) is 0 Å². The minimum absolute atomic E-state index is 0.411. The van der Waals surface area contributed by atoms with Crippen LogP contribution in [-0.2, 0) is 13.2 Å². The quantitative estimate of drug-likeness (QED) is 0.347. The molecule has 0 aliphatic carbocycles. The Hall–Kier alpha value is -3.18. The van der Waals surface area contributed by atoms with Crippen LogP contribution < -0.4 is 19.6 Å². The van der Waals surface area contributed by atoms with E-state index in [9.17, 15) is 0 Å². The molecule has 0 bridgehead atoms. The average molecular weight is 425 g/mol. The molecule has 0 aliphatic rings. The normalized spacial score (nSPS) is 10.8. The molecule has 0 heterocycles. The van der Waals surface area contributed by atoms with Crippen LogP contribution in [-0.4, -0.2) is 19.9 Å². The van der Waals surface area contributed by atoms with E-state index in [0.717, 1.165) is 22.4 Å². The second-order valence-corrected chi connectivity index (χ2v) is 6.90. The minimum atomic E-state index is 0.411. The van der Waals surface area contributed by atoms with Crippen molar-refractivity contribution >= 4 is 17.8 Å². The topological polar surface area (TPSA) is 52.1 Å². The first-order valence-electron chi connectivity index (χ1n) is 9.71. The van der Waals surface area contributed by atoms with Gasteiger partial charge in [-0.05, 0) is 54.4 Å². The standard InChI is InChI=1S/C24H25ClN2O3/c1-3-29-24-14-18(15-26-27-16-20-8-4-5-10-22(20)28-2)11-12-23(24)30-17-19-7-6-9-21(25)13-19/h4-15,27H,3,16-17H2,1-2H3/b26-15+. The lowest BCUT2D eigenvalue weighted by molar-refractivity contribution is 0.269. The van der Waals surface area contributed by atoms with Crippen LogP contribution in [0.4, 0.5) is 0 Å². The maximum absolute atomic E-state index is 6.04. The molecule has 0 amide bonds. The zero-order valence-electron chi connectivity index (χ0n) is 17.1. The minimum Gasteiger partial charge on any atom is -0.496 e. The highest BCUT2D eigenvalue weighted by Crippen LogP contribution is 2.29. The maximum Gasteiger partial charge on any atom is 0.161 e. The molecular weight excluding hydrogens is 400 g/mol. The molecular formula is C24H25ClN2O3. The smallest absolute Gasteiger partial charge is 0.161 e. The second-order valence-electron chi connectivity index (χ2n) is 6.46. The van der Waals surface area contributed by atoms with Crippen LogP contribution in [0.1, 0.15) is 23.6 Å². The highest BCUT2D eigenvalue weighted by Gasteiger charge is 2.07. The Labute approximate surface area is 182 Å². The first-order chi connectivity index (χ1) is 14.7. The van der Waals surface area contributed by atoms with Crippen LogP contribution in [0, 0.1) is 0 Å². The van der Waals surface area contributed by atoms with E-state index in [4.69, 9.17) is 25.8 Å². The Kier molecular flexibility index (Phi) is 7.98. The van der Waals surface area contributed by atoms with Crippen LogP contribution in [0.5, 0.6) is 17.2 Å². The number of nitrogens with one attached hydrogen (secondary N) is 1. The van der Waals surface area contributed by atoms with E-state index < -0.39 is 0 Å². The molecule has 0 saturated heterocycles. The summed E-state index contributed by atoms with van der Waals surface area (Å²) in [5, 5.41) is 4.99. The molecule has 30 heavy (non-hydrogen) atoms. The summed E-state index contributed by atoms with van der Waals surface area (Å²) in [5.41, 5.74) is 5.99. The van der Waals surface area contributed by atoms with Crippen molar-refractivity contribution in [1.82, 2.24) is 5.43 Å². The summed E-state index contributed by atoms with van der Waals surface area (Å²) < 4.78 is 17.0. The van der Waals surface area contributed by atoms with Gasteiger partial charge in [0, 0.05) is 10.6 Å². The molecule has 0 unspecified atom stereocenters. The first kappa shape index (κ1) is 21.5. The largest absolute Gasteiger partial charge is 0.496 e. The summed E-state index contributed by atoms with van der Waals surface area (Å²) in [6, 6.07) is 21.2. The molecule has 0 aliphatic heterocycles. The predicted molar refractivity (Wildman–Crippen MR) is 121 cm³/mol. The third-order valence-corrected chi connectivity index (χ3v) is 4.55. The van der Waals surface area contributed by atoms with Gasteiger partial charge in [-0.3, -0.25) is 0 Å². The number of hydrogen-bond donors (Lipinski definition) is 1. The Morgan fingerprint density at radius 1 is 0.933 bits per heavy atom. The van der Waals surface area contributed by atoms with Gasteiger partial charge in [-0.1, -0.05) is 41.9 Å². The second kappa shape index (κ2) is 11.1. The van der Waals surface area contributed by atoms with Crippen LogP contribution in [0.3, 0.4) is 0 Å². The lowest BCUT2D eigenvalue weighted by Crippen LogP contribution is -2.07. The number of para-hydroxylation sites is 1. The van der Waals surface area contributed by atoms with E-state index in [1.165, 1.54) is 0 Å². The summed E-state index contributed by atoms with van der Waals surface area (Å²) in [7, 11) is 1.66. The molecule has 0 aromatic heterocycles. The Morgan fingerprint density at radius 3 is 2.60 bits per heavy atom. The number of rotatable bonds is 10. The lowest BCUT2D eigenvalue weighted by Gasteiger charge is -2.13. The molecule has 6 heteroatoms. The fourth-order valence-electron chi connectivity index (χ4n) is 2.88. The van der Waals surface area contributed by atoms with E-state index in [-0.39, 0.29) is 0 Å². The van der Waals surface area contributed by atoms with Gasteiger partial charge in [0.1, 0.15) is 12.4 Å². The number of halogens is 1. The third-order valence-electron chi connectivity index (χ3n) is 4.32. The van der Waals surface area contributed by atoms with Crippen molar-refractivity contribution in [3.05, 3.63) is 88.4 Å². The lowest BCUT2D eigenvalue weighted by atomic mass is 10.2. The zero-order valence-corrected chi connectivity index (χ0v) is 17.9. The van der Waals surface area contributed by atoms with Gasteiger partial charge in [0.05, 0.1) is 26.5 Å². The Morgan fingerprint density at radius 2 is 1.80 bits per heavy atom. The number of benzene rings is 3. The molecule has 0 saturated carbocycles. The zero-order chi connectivity index (χ0) is 21.2. The van der Waals surface area contributed by atoms with E-state index >= 15 is 0 Å². The van der Waals surface area contributed by atoms with Gasteiger partial charge < -0.3 is 19.6 Å². The van der Waals surface area contributed by atoms with Crippen molar-refractivity contribution in [1.29, 1.82) is 0 Å². The number of methoxy groups -OCH3 is 1. The van der Waals surface area contributed by atoms with Gasteiger partial charge in [0.2, 0.25) is 0 Å². The van der Waals surface area contributed by atoms with E-state index in [1.807, 2.05) is 73.7 Å². The number of ether oxygens (including phenoxy) is 3. The van der Waals surface area contributed by atoms with Gasteiger partial charge in [0.25, 0.3) is 0 Å². The Balaban J connectivity index is 1.62. The highest BCUT2D eigenvalue weighted by atomic mass is 35.5. The number of hydrazone groups is 1. The maximum atomic E-state index is 6.04. The van der Waals surface area contributed by atoms with Crippen LogP contribution in [0.25, 0.3) is 0 Å². The monoisotopic (exact) mass is 424 g/mol. The van der Waals surface area contributed by atoms with Gasteiger partial charge in [-0.15, -0.1) is 0 Å². The summed E-state index contributed by atoms with van der Waals surface area (Å²) in [6.45, 7) is 3.46. The molecule has 0 radical (unpaired) electrons.